The Morgan fingerprint density at radius 1 is 0.958 bits per heavy atom. The summed E-state index contributed by atoms with van der Waals surface area (Å²) in [6, 6.07) is 14.6. The molecule has 0 bridgehead atoms. The first-order chi connectivity index (χ1) is 11.5. The second-order valence-corrected chi connectivity index (χ2v) is 6.60. The quantitative estimate of drug-likeness (QED) is 0.783. The summed E-state index contributed by atoms with van der Waals surface area (Å²) in [5.41, 5.74) is 1.47. The van der Waals surface area contributed by atoms with Crippen LogP contribution in [-0.4, -0.2) is 24.2 Å². The summed E-state index contributed by atoms with van der Waals surface area (Å²) in [6.07, 6.45) is 0. The topological polar surface area (TPSA) is 67.4 Å². The third kappa shape index (κ3) is 5.31. The van der Waals surface area contributed by atoms with Gasteiger partial charge in [0.1, 0.15) is 5.75 Å². The maximum Gasteiger partial charge on any atom is 0.237 e. The van der Waals surface area contributed by atoms with Gasteiger partial charge in [0.25, 0.3) is 0 Å². The van der Waals surface area contributed by atoms with Gasteiger partial charge in [0.05, 0.1) is 12.4 Å². The van der Waals surface area contributed by atoms with E-state index in [9.17, 15) is 9.59 Å². The molecule has 0 aliphatic heterocycles. The van der Waals surface area contributed by atoms with Gasteiger partial charge < -0.3 is 15.4 Å². The molecule has 0 heterocycles. The van der Waals surface area contributed by atoms with E-state index in [0.717, 1.165) is 22.0 Å². The summed E-state index contributed by atoms with van der Waals surface area (Å²) in [6.45, 7) is 3.32. The summed E-state index contributed by atoms with van der Waals surface area (Å²) in [5, 5.41) is 5.34. The number of anilines is 2. The molecule has 2 rings (SSSR count). The van der Waals surface area contributed by atoms with Gasteiger partial charge in [-0.15, -0.1) is 11.8 Å². The Morgan fingerprint density at radius 3 is 2.04 bits per heavy atom. The summed E-state index contributed by atoms with van der Waals surface area (Å²) in [7, 11) is 1.60. The highest BCUT2D eigenvalue weighted by molar-refractivity contribution is 8.00. The van der Waals surface area contributed by atoms with Crippen LogP contribution >= 0.6 is 11.8 Å². The molecule has 0 aromatic heterocycles. The molecule has 1 atom stereocenters. The predicted octanol–water partition coefficient (Wildman–Crippen LogP) is 3.77. The molecule has 0 saturated heterocycles. The van der Waals surface area contributed by atoms with Crippen molar-refractivity contribution in [2.24, 2.45) is 0 Å². The van der Waals surface area contributed by atoms with Gasteiger partial charge in [-0.1, -0.05) is 0 Å². The van der Waals surface area contributed by atoms with Crippen LogP contribution in [0.4, 0.5) is 11.4 Å². The van der Waals surface area contributed by atoms with Crippen molar-refractivity contribution in [2.75, 3.05) is 17.7 Å². The molecule has 0 aliphatic carbocycles. The number of carbonyl (C=O) groups is 2. The lowest BCUT2D eigenvalue weighted by Crippen LogP contribution is -2.22. The lowest BCUT2D eigenvalue weighted by atomic mass is 10.3. The molecule has 24 heavy (non-hydrogen) atoms. The van der Waals surface area contributed by atoms with Crippen LogP contribution in [0.3, 0.4) is 0 Å². The lowest BCUT2D eigenvalue weighted by Gasteiger charge is -2.13. The number of hydrogen-bond acceptors (Lipinski definition) is 4. The van der Waals surface area contributed by atoms with E-state index < -0.39 is 0 Å². The minimum Gasteiger partial charge on any atom is -0.497 e. The van der Waals surface area contributed by atoms with E-state index >= 15 is 0 Å². The number of benzene rings is 2. The maximum absolute atomic E-state index is 12.3. The molecule has 2 N–H and O–H groups in total. The zero-order valence-corrected chi connectivity index (χ0v) is 14.6. The third-order valence-electron chi connectivity index (χ3n) is 3.21. The SMILES string of the molecule is COc1ccc(NC(=O)C(C)Sc2ccc(NC(C)=O)cc2)cc1. The van der Waals surface area contributed by atoms with Crippen LogP contribution in [0.2, 0.25) is 0 Å². The molecule has 2 aromatic rings. The summed E-state index contributed by atoms with van der Waals surface area (Å²) < 4.78 is 5.09. The van der Waals surface area contributed by atoms with Crippen molar-refractivity contribution >= 4 is 35.0 Å². The minimum absolute atomic E-state index is 0.0731. The Balaban J connectivity index is 1.91. The Morgan fingerprint density at radius 2 is 1.50 bits per heavy atom. The van der Waals surface area contributed by atoms with Gasteiger partial charge >= 0.3 is 0 Å². The zero-order chi connectivity index (χ0) is 17.5. The summed E-state index contributed by atoms with van der Waals surface area (Å²) >= 11 is 1.46. The average Bonchev–Trinajstić information content (AvgIpc) is 2.56. The van der Waals surface area contributed by atoms with E-state index in [0.29, 0.717) is 0 Å². The number of amides is 2. The summed E-state index contributed by atoms with van der Waals surface area (Å²) in [5.74, 6) is 0.563. The van der Waals surface area contributed by atoms with E-state index in [4.69, 9.17) is 4.74 Å². The standard InChI is InChI=1S/C18H20N2O3S/c1-12(18(22)20-15-4-8-16(23-3)9-5-15)24-17-10-6-14(7-11-17)19-13(2)21/h4-12H,1-3H3,(H,19,21)(H,20,22). The molecule has 1 unspecified atom stereocenters. The highest BCUT2D eigenvalue weighted by atomic mass is 32.2. The number of methoxy groups -OCH3 is 1. The Hall–Kier alpha value is -2.47. The van der Waals surface area contributed by atoms with E-state index in [-0.39, 0.29) is 17.1 Å². The predicted molar refractivity (Wildman–Crippen MR) is 97.7 cm³/mol. The molecule has 126 valence electrons. The molecular formula is C18H20N2O3S. The van der Waals surface area contributed by atoms with Crippen LogP contribution in [0.15, 0.2) is 53.4 Å². The number of ether oxygens (including phenoxy) is 1. The summed E-state index contributed by atoms with van der Waals surface area (Å²) in [4.78, 5) is 24.2. The molecule has 0 aliphatic rings. The van der Waals surface area contributed by atoms with E-state index in [2.05, 4.69) is 10.6 Å². The maximum atomic E-state index is 12.3. The van der Waals surface area contributed by atoms with Gasteiger partial charge in [-0.2, -0.15) is 0 Å². The van der Waals surface area contributed by atoms with Crippen molar-refractivity contribution in [3.05, 3.63) is 48.5 Å². The van der Waals surface area contributed by atoms with Crippen molar-refractivity contribution in [2.45, 2.75) is 24.0 Å². The van der Waals surface area contributed by atoms with Crippen molar-refractivity contribution in [1.82, 2.24) is 0 Å². The molecule has 6 heteroatoms. The second kappa shape index (κ2) is 8.40. The minimum atomic E-state index is -0.251. The number of rotatable bonds is 6. The largest absolute Gasteiger partial charge is 0.497 e. The fraction of sp³-hybridized carbons (Fsp3) is 0.222. The molecule has 2 amide bonds. The first-order valence-corrected chi connectivity index (χ1v) is 8.35. The molecule has 5 nitrogen and oxygen atoms in total. The Kier molecular flexibility index (Phi) is 6.26. The van der Waals surface area contributed by atoms with Crippen LogP contribution in [0, 0.1) is 0 Å². The number of nitrogens with one attached hydrogen (secondary N) is 2. The van der Waals surface area contributed by atoms with E-state index in [1.807, 2.05) is 31.2 Å². The first-order valence-electron chi connectivity index (χ1n) is 7.47. The molecule has 0 fully saturated rings. The van der Waals surface area contributed by atoms with Crippen LogP contribution in [0.25, 0.3) is 0 Å². The Labute approximate surface area is 145 Å². The van der Waals surface area contributed by atoms with E-state index in [1.54, 1.807) is 31.4 Å². The van der Waals surface area contributed by atoms with Gasteiger partial charge in [0.15, 0.2) is 0 Å². The van der Waals surface area contributed by atoms with Crippen LogP contribution in [0.1, 0.15) is 13.8 Å². The number of hydrogen-bond donors (Lipinski definition) is 2. The van der Waals surface area contributed by atoms with Crippen molar-refractivity contribution in [1.29, 1.82) is 0 Å². The highest BCUT2D eigenvalue weighted by Crippen LogP contribution is 2.26. The van der Waals surface area contributed by atoms with Gasteiger partial charge in [-0.25, -0.2) is 0 Å². The van der Waals surface area contributed by atoms with Gasteiger partial charge in [-0.3, -0.25) is 9.59 Å². The fourth-order valence-electron chi connectivity index (χ4n) is 2.00. The molecule has 0 saturated carbocycles. The zero-order valence-electron chi connectivity index (χ0n) is 13.8. The van der Waals surface area contributed by atoms with Crippen LogP contribution in [0.5, 0.6) is 5.75 Å². The third-order valence-corrected chi connectivity index (χ3v) is 4.33. The van der Waals surface area contributed by atoms with E-state index in [1.165, 1.54) is 18.7 Å². The average molecular weight is 344 g/mol. The normalized spacial score (nSPS) is 11.5. The van der Waals surface area contributed by atoms with Gasteiger partial charge in [0.2, 0.25) is 11.8 Å². The fourth-order valence-corrected chi connectivity index (χ4v) is 2.86. The second-order valence-electron chi connectivity index (χ2n) is 5.18. The van der Waals surface area contributed by atoms with Gasteiger partial charge in [-0.05, 0) is 55.5 Å². The Bertz CT molecular complexity index is 699. The smallest absolute Gasteiger partial charge is 0.237 e. The van der Waals surface area contributed by atoms with Crippen LogP contribution in [-0.2, 0) is 9.59 Å². The highest BCUT2D eigenvalue weighted by Gasteiger charge is 2.14. The first kappa shape index (κ1) is 17.9. The molecular weight excluding hydrogens is 324 g/mol. The van der Waals surface area contributed by atoms with Crippen molar-refractivity contribution < 1.29 is 14.3 Å². The molecule has 0 radical (unpaired) electrons. The van der Waals surface area contributed by atoms with Crippen LogP contribution < -0.4 is 15.4 Å². The van der Waals surface area contributed by atoms with Crippen molar-refractivity contribution in [3.63, 3.8) is 0 Å². The lowest BCUT2D eigenvalue weighted by molar-refractivity contribution is -0.115. The van der Waals surface area contributed by atoms with Crippen molar-refractivity contribution in [3.8, 4) is 5.75 Å². The number of carbonyl (C=O) groups excluding carboxylic acids is 2. The number of thioether (sulfide) groups is 1. The monoisotopic (exact) mass is 344 g/mol. The molecule has 2 aromatic carbocycles. The molecule has 0 spiro atoms. The van der Waals surface area contributed by atoms with Gasteiger partial charge in [0, 0.05) is 23.2 Å².